The second-order valence-electron chi connectivity index (χ2n) is 6.23. The number of hydrogen-bond donors (Lipinski definition) is 1. The minimum atomic E-state index is -0.930. The molecule has 0 fully saturated rings. The maximum absolute atomic E-state index is 13.9. The van der Waals surface area contributed by atoms with Gasteiger partial charge in [0.15, 0.2) is 0 Å². The lowest BCUT2D eigenvalue weighted by molar-refractivity contribution is -0.136. The summed E-state index contributed by atoms with van der Waals surface area (Å²) in [5.74, 6) is -0.550. The van der Waals surface area contributed by atoms with Gasteiger partial charge in [0.2, 0.25) is 0 Å². The predicted molar refractivity (Wildman–Crippen MR) is 107 cm³/mol. The molecule has 1 aliphatic heterocycles. The van der Waals surface area contributed by atoms with Gasteiger partial charge in [0, 0.05) is 34.5 Å². The molecule has 0 atom stereocenters. The van der Waals surface area contributed by atoms with Crippen molar-refractivity contribution in [3.63, 3.8) is 0 Å². The number of halogens is 2. The molecule has 0 saturated heterocycles. The zero-order chi connectivity index (χ0) is 19.0. The molecule has 4 nitrogen and oxygen atoms in total. The van der Waals surface area contributed by atoms with Crippen molar-refractivity contribution in [2.45, 2.75) is 17.7 Å². The Bertz CT molecular complexity index is 1060. The Balaban J connectivity index is 1.89. The fraction of sp³-hybridized carbons (Fsp3) is 0.200. The number of fused-ring (bicyclic) bond motifs is 3. The molecule has 27 heavy (non-hydrogen) atoms. The van der Waals surface area contributed by atoms with E-state index in [1.165, 1.54) is 12.1 Å². The highest BCUT2D eigenvalue weighted by Crippen LogP contribution is 2.31. The molecule has 1 aliphatic rings. The molecule has 138 valence electrons. The van der Waals surface area contributed by atoms with Crippen molar-refractivity contribution in [2.24, 2.45) is 4.99 Å². The molecular formula is C20H16ClFN2O2S. The van der Waals surface area contributed by atoms with E-state index >= 15 is 0 Å². The normalized spacial score (nSPS) is 13.5. The molecule has 0 amide bonds. The summed E-state index contributed by atoms with van der Waals surface area (Å²) in [6.45, 7) is 0.568. The molecule has 0 unspecified atom stereocenters. The molecule has 1 N–H and O–H groups in total. The van der Waals surface area contributed by atoms with E-state index in [1.54, 1.807) is 17.8 Å². The highest BCUT2D eigenvalue weighted by molar-refractivity contribution is 8.00. The minimum absolute atomic E-state index is 0.138. The maximum Gasteiger partial charge on any atom is 0.307 e. The first-order chi connectivity index (χ1) is 13.1. The predicted octanol–water partition coefficient (Wildman–Crippen LogP) is 4.55. The number of aromatic nitrogens is 1. The summed E-state index contributed by atoms with van der Waals surface area (Å²) in [5, 5.41) is 10.5. The van der Waals surface area contributed by atoms with Crippen molar-refractivity contribution >= 4 is 46.1 Å². The third kappa shape index (κ3) is 3.35. The van der Waals surface area contributed by atoms with E-state index in [2.05, 4.69) is 4.99 Å². The van der Waals surface area contributed by atoms with Crippen molar-refractivity contribution < 1.29 is 14.3 Å². The van der Waals surface area contributed by atoms with Crippen LogP contribution in [-0.4, -0.2) is 33.2 Å². The number of benzene rings is 2. The van der Waals surface area contributed by atoms with Crippen LogP contribution in [0.1, 0.15) is 16.8 Å². The van der Waals surface area contributed by atoms with Crippen LogP contribution in [0.2, 0.25) is 0 Å². The number of aliphatic carboxylic acids is 1. The Morgan fingerprint density at radius 1 is 1.26 bits per heavy atom. The third-order valence-electron chi connectivity index (χ3n) is 4.63. The minimum Gasteiger partial charge on any atom is -0.481 e. The lowest BCUT2D eigenvalue weighted by atomic mass is 10.1. The zero-order valence-corrected chi connectivity index (χ0v) is 15.9. The molecule has 2 heterocycles. The highest BCUT2D eigenvalue weighted by atomic mass is 35.5. The van der Waals surface area contributed by atoms with E-state index < -0.39 is 5.97 Å². The third-order valence-corrected chi connectivity index (χ3v) is 5.67. The van der Waals surface area contributed by atoms with Gasteiger partial charge in [-0.05, 0) is 35.9 Å². The summed E-state index contributed by atoms with van der Waals surface area (Å²) in [6, 6.07) is 12.4. The fourth-order valence-corrected chi connectivity index (χ4v) is 4.39. The van der Waals surface area contributed by atoms with Gasteiger partial charge < -0.3 is 5.11 Å². The standard InChI is InChI=1S/C20H16ClFN2O2S/c21-11-27-14-4-1-12(2-5-14)20-23-8-7-18-16(10-19(25)26)15-9-13(22)3-6-17(15)24(18)20/h1-6,9H,7-8,10-11H2,(H,25,26). The molecule has 0 spiro atoms. The first kappa shape index (κ1) is 18.1. The Labute approximate surface area is 164 Å². The van der Waals surface area contributed by atoms with Gasteiger partial charge in [-0.3, -0.25) is 14.4 Å². The van der Waals surface area contributed by atoms with Gasteiger partial charge in [0.05, 0.1) is 17.1 Å². The summed E-state index contributed by atoms with van der Waals surface area (Å²) in [4.78, 5) is 17.1. The van der Waals surface area contributed by atoms with Gasteiger partial charge in [-0.15, -0.1) is 23.4 Å². The van der Waals surface area contributed by atoms with Gasteiger partial charge >= 0.3 is 5.97 Å². The largest absolute Gasteiger partial charge is 0.481 e. The number of thioether (sulfide) groups is 1. The van der Waals surface area contributed by atoms with Crippen molar-refractivity contribution in [3.8, 4) is 0 Å². The van der Waals surface area contributed by atoms with Crippen LogP contribution in [0.15, 0.2) is 52.4 Å². The number of rotatable bonds is 5. The number of carboxylic acids is 1. The molecule has 0 saturated carbocycles. The summed E-state index contributed by atoms with van der Waals surface area (Å²) >= 11 is 7.31. The summed E-state index contributed by atoms with van der Waals surface area (Å²) < 4.78 is 15.8. The molecule has 4 rings (SSSR count). The van der Waals surface area contributed by atoms with Crippen molar-refractivity contribution in [1.29, 1.82) is 0 Å². The van der Waals surface area contributed by atoms with E-state index in [4.69, 9.17) is 11.6 Å². The molecular weight excluding hydrogens is 387 g/mol. The van der Waals surface area contributed by atoms with Gasteiger partial charge in [0.25, 0.3) is 0 Å². The molecule has 1 aromatic heterocycles. The van der Waals surface area contributed by atoms with Crippen LogP contribution in [-0.2, 0) is 17.6 Å². The van der Waals surface area contributed by atoms with E-state index in [1.807, 2.05) is 28.8 Å². The number of carboxylic acid groups (broad SMARTS) is 1. The van der Waals surface area contributed by atoms with Crippen LogP contribution in [0.5, 0.6) is 0 Å². The number of aliphatic imine (C=N–C) groups is 1. The summed E-state index contributed by atoms with van der Waals surface area (Å²) in [6.07, 6.45) is 0.490. The highest BCUT2D eigenvalue weighted by Gasteiger charge is 2.25. The second kappa shape index (κ2) is 7.37. The lowest BCUT2D eigenvalue weighted by Gasteiger charge is -2.19. The Hall–Kier alpha value is -2.31. The zero-order valence-electron chi connectivity index (χ0n) is 14.3. The van der Waals surface area contributed by atoms with Crippen molar-refractivity contribution in [3.05, 3.63) is 65.1 Å². The Morgan fingerprint density at radius 2 is 2.04 bits per heavy atom. The number of hydrogen-bond acceptors (Lipinski definition) is 3. The van der Waals surface area contributed by atoms with E-state index in [-0.39, 0.29) is 12.2 Å². The van der Waals surface area contributed by atoms with Crippen LogP contribution >= 0.6 is 23.4 Å². The molecule has 3 aromatic rings. The maximum atomic E-state index is 13.9. The van der Waals surface area contributed by atoms with E-state index in [0.717, 1.165) is 27.5 Å². The molecule has 0 radical (unpaired) electrons. The van der Waals surface area contributed by atoms with E-state index in [9.17, 15) is 14.3 Å². The SMILES string of the molecule is O=C(O)Cc1c2n(c3ccc(F)cc13)C(c1ccc(SCCl)cc1)=NCC2. The number of alkyl halides is 1. The average molecular weight is 403 g/mol. The van der Waals surface area contributed by atoms with Gasteiger partial charge in [-0.25, -0.2) is 4.39 Å². The molecule has 0 bridgehead atoms. The van der Waals surface area contributed by atoms with Crippen LogP contribution in [0.4, 0.5) is 4.39 Å². The molecule has 0 aliphatic carbocycles. The van der Waals surface area contributed by atoms with Crippen LogP contribution in [0, 0.1) is 5.82 Å². The quantitative estimate of drug-likeness (QED) is 0.503. The van der Waals surface area contributed by atoms with Gasteiger partial charge in [-0.2, -0.15) is 0 Å². The average Bonchev–Trinajstić information content (AvgIpc) is 2.95. The smallest absolute Gasteiger partial charge is 0.307 e. The number of nitrogens with zero attached hydrogens (tertiary/aromatic N) is 2. The van der Waals surface area contributed by atoms with Crippen LogP contribution in [0.3, 0.4) is 0 Å². The topological polar surface area (TPSA) is 54.6 Å². The van der Waals surface area contributed by atoms with Gasteiger partial charge in [0.1, 0.15) is 11.7 Å². The summed E-state index contributed by atoms with van der Waals surface area (Å²) in [7, 11) is 0. The first-order valence-corrected chi connectivity index (χ1v) is 9.98. The van der Waals surface area contributed by atoms with Crippen LogP contribution in [0.25, 0.3) is 10.9 Å². The van der Waals surface area contributed by atoms with Crippen molar-refractivity contribution in [1.82, 2.24) is 4.57 Å². The molecule has 2 aromatic carbocycles. The fourth-order valence-electron chi connectivity index (χ4n) is 3.56. The van der Waals surface area contributed by atoms with Crippen LogP contribution < -0.4 is 0 Å². The Morgan fingerprint density at radius 3 is 2.74 bits per heavy atom. The Kier molecular flexibility index (Phi) is 4.93. The number of carbonyl (C=O) groups is 1. The monoisotopic (exact) mass is 402 g/mol. The summed E-state index contributed by atoms with van der Waals surface area (Å²) in [5.41, 5.74) is 3.26. The van der Waals surface area contributed by atoms with Crippen molar-refractivity contribution in [2.75, 3.05) is 11.8 Å². The lowest BCUT2D eigenvalue weighted by Crippen LogP contribution is -2.22. The van der Waals surface area contributed by atoms with Gasteiger partial charge in [-0.1, -0.05) is 12.1 Å². The first-order valence-electron chi connectivity index (χ1n) is 8.46. The van der Waals surface area contributed by atoms with E-state index in [0.29, 0.717) is 29.1 Å². The molecule has 7 heteroatoms. The second-order valence-corrected chi connectivity index (χ2v) is 7.86.